The molecule has 11 nitrogen and oxygen atoms in total. The molecule has 1 saturated carbocycles. The number of nitrogens with zero attached hydrogens (tertiary/aromatic N) is 5. The van der Waals surface area contributed by atoms with Gasteiger partial charge in [-0.2, -0.15) is 10.2 Å². The van der Waals surface area contributed by atoms with Crippen molar-refractivity contribution >= 4 is 28.0 Å². The first kappa shape index (κ1) is 24.8. The molecule has 1 atom stereocenters. The molecular formula is C26H32N8O3S. The molecule has 12 heteroatoms. The lowest BCUT2D eigenvalue weighted by Gasteiger charge is -2.31. The SMILES string of the molecule is CC1NC=C(NC(=O)CN2CCC3(CC2)CC3)C=C1NC(=O)c1cnn2cc(-c3cnn(CCO)c3)sc12. The molecule has 2 aliphatic heterocycles. The zero-order valence-electron chi connectivity index (χ0n) is 21.3. The highest BCUT2D eigenvalue weighted by molar-refractivity contribution is 7.21. The van der Waals surface area contributed by atoms with E-state index in [1.807, 2.05) is 25.4 Å². The number of likely N-dealkylation sites (tertiary alicyclic amines) is 1. The molecule has 4 N–H and O–H groups in total. The third-order valence-electron chi connectivity index (χ3n) is 7.74. The van der Waals surface area contributed by atoms with Crippen LogP contribution in [0.3, 0.4) is 0 Å². The van der Waals surface area contributed by atoms with Gasteiger partial charge in [-0.25, -0.2) is 4.52 Å². The lowest BCUT2D eigenvalue weighted by molar-refractivity contribution is -0.121. The van der Waals surface area contributed by atoms with Crippen LogP contribution in [0.1, 0.15) is 43.0 Å². The summed E-state index contributed by atoms with van der Waals surface area (Å²) < 4.78 is 3.36. The van der Waals surface area contributed by atoms with Gasteiger partial charge in [0.1, 0.15) is 4.83 Å². The Morgan fingerprint density at radius 3 is 2.74 bits per heavy atom. The van der Waals surface area contributed by atoms with Crippen molar-refractivity contribution in [3.63, 3.8) is 0 Å². The zero-order chi connectivity index (χ0) is 26.3. The number of rotatable bonds is 8. The van der Waals surface area contributed by atoms with Crippen LogP contribution in [0, 0.1) is 5.41 Å². The van der Waals surface area contributed by atoms with Crippen molar-refractivity contribution in [2.75, 3.05) is 26.2 Å². The number of aliphatic hydroxyl groups excluding tert-OH is 1. The molecule has 2 amide bonds. The van der Waals surface area contributed by atoms with Crippen LogP contribution in [0.25, 0.3) is 15.3 Å². The molecular weight excluding hydrogens is 504 g/mol. The van der Waals surface area contributed by atoms with Crippen molar-refractivity contribution < 1.29 is 14.7 Å². The molecule has 3 aromatic rings. The second kappa shape index (κ2) is 10.0. The summed E-state index contributed by atoms with van der Waals surface area (Å²) in [6.45, 7) is 4.73. The van der Waals surface area contributed by atoms with E-state index < -0.39 is 0 Å². The summed E-state index contributed by atoms with van der Waals surface area (Å²) in [7, 11) is 0. The summed E-state index contributed by atoms with van der Waals surface area (Å²) in [6.07, 6.45) is 15.7. The van der Waals surface area contributed by atoms with Gasteiger partial charge in [0.05, 0.1) is 54.3 Å². The van der Waals surface area contributed by atoms with Crippen LogP contribution in [-0.4, -0.2) is 73.5 Å². The largest absolute Gasteiger partial charge is 0.394 e. The fourth-order valence-electron chi connectivity index (χ4n) is 5.11. The average Bonchev–Trinajstić information content (AvgIpc) is 3.22. The highest BCUT2D eigenvalue weighted by Gasteiger charge is 2.44. The number of amides is 2. The quantitative estimate of drug-likeness (QED) is 0.345. The third-order valence-corrected chi connectivity index (χ3v) is 8.90. The van der Waals surface area contributed by atoms with Gasteiger partial charge in [0, 0.05) is 29.9 Å². The molecule has 2 fully saturated rings. The summed E-state index contributed by atoms with van der Waals surface area (Å²) >= 11 is 1.45. The standard InChI is InChI=1S/C26H32N8O3S/c1-17-21(10-19(12-27-17)30-23(36)16-32-6-4-26(2-3-26)5-7-32)31-24(37)20-13-29-34-15-22(38-25(20)34)18-11-28-33(14-18)8-9-35/h10-15,17,27,35H,2-9,16H2,1H3,(H,30,36)(H,31,37). The number of dihydropyridines is 1. The Hall–Kier alpha value is -3.48. The van der Waals surface area contributed by atoms with Crippen molar-refractivity contribution in [1.82, 2.24) is 40.2 Å². The molecule has 200 valence electrons. The molecule has 6 rings (SSSR count). The molecule has 3 aliphatic rings. The first-order valence-electron chi connectivity index (χ1n) is 13.0. The minimum absolute atomic E-state index is 0.0158. The van der Waals surface area contributed by atoms with Crippen LogP contribution >= 0.6 is 11.3 Å². The van der Waals surface area contributed by atoms with Gasteiger partial charge in [-0.15, -0.1) is 11.3 Å². The number of hydrogen-bond acceptors (Lipinski definition) is 8. The number of aliphatic hydroxyl groups is 1. The fraction of sp³-hybridized carbons (Fsp3) is 0.462. The summed E-state index contributed by atoms with van der Waals surface area (Å²) in [4.78, 5) is 29.8. The Bertz CT molecular complexity index is 1420. The van der Waals surface area contributed by atoms with Crippen molar-refractivity contribution in [3.05, 3.63) is 54.0 Å². The predicted octanol–water partition coefficient (Wildman–Crippen LogP) is 1.69. The second-order valence-electron chi connectivity index (χ2n) is 10.5. The van der Waals surface area contributed by atoms with E-state index in [4.69, 9.17) is 5.11 Å². The van der Waals surface area contributed by atoms with Crippen molar-refractivity contribution in [3.8, 4) is 10.4 Å². The molecule has 38 heavy (non-hydrogen) atoms. The fourth-order valence-corrected chi connectivity index (χ4v) is 6.14. The van der Waals surface area contributed by atoms with Gasteiger partial charge in [-0.05, 0) is 57.2 Å². The number of fused-ring (bicyclic) bond motifs is 1. The van der Waals surface area contributed by atoms with Crippen LogP contribution in [-0.2, 0) is 11.3 Å². The Kier molecular flexibility index (Phi) is 6.54. The van der Waals surface area contributed by atoms with Gasteiger partial charge in [0.2, 0.25) is 5.91 Å². The Balaban J connectivity index is 1.10. The van der Waals surface area contributed by atoms with Crippen molar-refractivity contribution in [2.24, 2.45) is 5.41 Å². The van der Waals surface area contributed by atoms with E-state index in [-0.39, 0.29) is 24.5 Å². The average molecular weight is 537 g/mol. The number of allylic oxidation sites excluding steroid dienone is 1. The van der Waals surface area contributed by atoms with Crippen LogP contribution in [0.5, 0.6) is 0 Å². The Morgan fingerprint density at radius 1 is 1.16 bits per heavy atom. The third kappa shape index (κ3) is 5.11. The number of hydrogen-bond donors (Lipinski definition) is 4. The van der Waals surface area contributed by atoms with Gasteiger partial charge in [0.25, 0.3) is 5.91 Å². The number of aromatic nitrogens is 4. The van der Waals surface area contributed by atoms with E-state index in [1.54, 1.807) is 27.8 Å². The second-order valence-corrected chi connectivity index (χ2v) is 11.5. The summed E-state index contributed by atoms with van der Waals surface area (Å²) in [5.74, 6) is -0.313. The Labute approximate surface area is 224 Å². The van der Waals surface area contributed by atoms with Crippen LogP contribution in [0.4, 0.5) is 0 Å². The lowest BCUT2D eigenvalue weighted by atomic mass is 9.94. The van der Waals surface area contributed by atoms with Crippen molar-refractivity contribution in [2.45, 2.75) is 45.2 Å². The Morgan fingerprint density at radius 2 is 1.97 bits per heavy atom. The zero-order valence-corrected chi connectivity index (χ0v) is 22.1. The monoisotopic (exact) mass is 536 g/mol. The van der Waals surface area contributed by atoms with Gasteiger partial charge in [-0.3, -0.25) is 19.2 Å². The van der Waals surface area contributed by atoms with E-state index in [0.29, 0.717) is 35.5 Å². The van der Waals surface area contributed by atoms with Gasteiger partial charge in [0.15, 0.2) is 0 Å². The maximum absolute atomic E-state index is 13.2. The number of carbonyl (C=O) groups is 2. The van der Waals surface area contributed by atoms with Gasteiger partial charge in [-0.1, -0.05) is 0 Å². The number of carbonyl (C=O) groups excluding carboxylic acids is 2. The number of nitrogens with one attached hydrogen (secondary N) is 3. The molecule has 5 heterocycles. The summed E-state index contributed by atoms with van der Waals surface area (Å²) in [5.41, 5.74) is 3.25. The van der Waals surface area contributed by atoms with Gasteiger partial charge < -0.3 is 21.1 Å². The lowest BCUT2D eigenvalue weighted by Crippen LogP contribution is -2.43. The molecule has 1 saturated heterocycles. The van der Waals surface area contributed by atoms with Crippen LogP contribution in [0.15, 0.2) is 48.5 Å². The maximum Gasteiger partial charge on any atom is 0.260 e. The molecule has 0 aromatic carbocycles. The summed E-state index contributed by atoms with van der Waals surface area (Å²) in [6, 6.07) is -0.126. The molecule has 1 spiro atoms. The first-order chi connectivity index (χ1) is 18.4. The number of thiazole rings is 1. The summed E-state index contributed by atoms with van der Waals surface area (Å²) in [5, 5.41) is 26.9. The van der Waals surface area contributed by atoms with Gasteiger partial charge >= 0.3 is 0 Å². The van der Waals surface area contributed by atoms with E-state index >= 15 is 0 Å². The predicted molar refractivity (Wildman–Crippen MR) is 143 cm³/mol. The van der Waals surface area contributed by atoms with E-state index in [1.165, 1.54) is 37.0 Å². The highest BCUT2D eigenvalue weighted by atomic mass is 32.1. The molecule has 1 unspecified atom stereocenters. The number of piperidine rings is 1. The molecule has 1 aliphatic carbocycles. The van der Waals surface area contributed by atoms with E-state index in [2.05, 4.69) is 31.0 Å². The minimum Gasteiger partial charge on any atom is -0.394 e. The highest BCUT2D eigenvalue weighted by Crippen LogP contribution is 2.53. The minimum atomic E-state index is -0.265. The normalized spacial score (nSPS) is 20.6. The van der Waals surface area contributed by atoms with Crippen LogP contribution in [0.2, 0.25) is 0 Å². The topological polar surface area (TPSA) is 129 Å². The van der Waals surface area contributed by atoms with Crippen LogP contribution < -0.4 is 16.0 Å². The first-order valence-corrected chi connectivity index (χ1v) is 13.9. The smallest absolute Gasteiger partial charge is 0.260 e. The van der Waals surface area contributed by atoms with Crippen molar-refractivity contribution in [1.29, 1.82) is 0 Å². The van der Waals surface area contributed by atoms with E-state index in [0.717, 1.165) is 28.4 Å². The maximum atomic E-state index is 13.2. The molecule has 0 bridgehead atoms. The molecule has 0 radical (unpaired) electrons. The van der Waals surface area contributed by atoms with E-state index in [9.17, 15) is 9.59 Å². The molecule has 3 aromatic heterocycles.